The van der Waals surface area contributed by atoms with E-state index in [1.807, 2.05) is 17.8 Å². The Hall–Kier alpha value is -0.910. The Balaban J connectivity index is 1.96. The van der Waals surface area contributed by atoms with Crippen molar-refractivity contribution in [2.45, 2.75) is 13.0 Å². The molecule has 0 amide bonds. The molecule has 2 N–H and O–H groups in total. The van der Waals surface area contributed by atoms with Crippen LogP contribution in [0.15, 0.2) is 12.3 Å². The summed E-state index contributed by atoms with van der Waals surface area (Å²) in [5, 5.41) is 15.9. The first-order chi connectivity index (χ1) is 7.34. The van der Waals surface area contributed by atoms with Gasteiger partial charge in [-0.3, -0.25) is 4.68 Å². The van der Waals surface area contributed by atoms with E-state index in [1.54, 1.807) is 6.20 Å². The van der Waals surface area contributed by atoms with Crippen molar-refractivity contribution >= 4 is 0 Å². The highest BCUT2D eigenvalue weighted by atomic mass is 16.5. The summed E-state index contributed by atoms with van der Waals surface area (Å²) >= 11 is 0. The van der Waals surface area contributed by atoms with Crippen LogP contribution in [0.5, 0.6) is 0 Å². The van der Waals surface area contributed by atoms with Crippen molar-refractivity contribution in [2.24, 2.45) is 7.05 Å². The number of hydrogen-bond donors (Lipinski definition) is 2. The number of aliphatic hydroxyl groups is 1. The van der Waals surface area contributed by atoms with Gasteiger partial charge in [-0.25, -0.2) is 0 Å². The predicted molar refractivity (Wildman–Crippen MR) is 57.4 cm³/mol. The average molecular weight is 213 g/mol. The summed E-state index contributed by atoms with van der Waals surface area (Å²) in [4.78, 5) is 0. The Kier molecular flexibility index (Phi) is 5.99. The van der Waals surface area contributed by atoms with E-state index in [0.717, 1.165) is 19.5 Å². The maximum atomic E-state index is 8.47. The monoisotopic (exact) mass is 213 g/mol. The third-order valence-corrected chi connectivity index (χ3v) is 2.11. The zero-order valence-electron chi connectivity index (χ0n) is 9.15. The molecule has 0 aliphatic heterocycles. The van der Waals surface area contributed by atoms with Gasteiger partial charge in [0.15, 0.2) is 0 Å². The molecule has 86 valence electrons. The summed E-state index contributed by atoms with van der Waals surface area (Å²) < 4.78 is 6.99. The van der Waals surface area contributed by atoms with Crippen LogP contribution in [0.3, 0.4) is 0 Å². The molecular weight excluding hydrogens is 194 g/mol. The lowest BCUT2D eigenvalue weighted by molar-refractivity contribution is 0.0907. The van der Waals surface area contributed by atoms with Crippen LogP contribution in [0.25, 0.3) is 0 Å². The van der Waals surface area contributed by atoms with Crippen molar-refractivity contribution in [1.82, 2.24) is 15.1 Å². The van der Waals surface area contributed by atoms with Gasteiger partial charge < -0.3 is 15.2 Å². The second-order valence-electron chi connectivity index (χ2n) is 3.31. The van der Waals surface area contributed by atoms with Gasteiger partial charge in [-0.1, -0.05) is 0 Å². The number of aliphatic hydroxyl groups excluding tert-OH is 1. The lowest BCUT2D eigenvalue weighted by Crippen LogP contribution is -2.18. The molecule has 0 fully saturated rings. The van der Waals surface area contributed by atoms with Gasteiger partial charge in [0.1, 0.15) is 0 Å². The molecule has 1 heterocycles. The molecule has 0 spiro atoms. The third kappa shape index (κ3) is 4.92. The first-order valence-electron chi connectivity index (χ1n) is 5.21. The van der Waals surface area contributed by atoms with E-state index in [2.05, 4.69) is 10.4 Å². The minimum absolute atomic E-state index is 0.0997. The largest absolute Gasteiger partial charge is 0.394 e. The fourth-order valence-electron chi connectivity index (χ4n) is 1.26. The molecule has 0 aliphatic carbocycles. The summed E-state index contributed by atoms with van der Waals surface area (Å²) in [6.45, 7) is 2.97. The molecule has 0 aromatic carbocycles. The second kappa shape index (κ2) is 7.39. The first-order valence-corrected chi connectivity index (χ1v) is 5.21. The van der Waals surface area contributed by atoms with Gasteiger partial charge in [0.05, 0.1) is 18.9 Å². The van der Waals surface area contributed by atoms with Crippen LogP contribution < -0.4 is 5.32 Å². The molecule has 1 aromatic heterocycles. The van der Waals surface area contributed by atoms with Gasteiger partial charge in [-0.2, -0.15) is 5.10 Å². The SMILES string of the molecule is Cn1nccc1CNCCCOCCO. The minimum Gasteiger partial charge on any atom is -0.394 e. The Morgan fingerprint density at radius 2 is 2.40 bits per heavy atom. The van der Waals surface area contributed by atoms with Crippen LogP contribution in [-0.2, 0) is 18.3 Å². The number of hydrogen-bond acceptors (Lipinski definition) is 4. The van der Waals surface area contributed by atoms with E-state index in [0.29, 0.717) is 13.2 Å². The second-order valence-corrected chi connectivity index (χ2v) is 3.31. The molecular formula is C10H19N3O2. The van der Waals surface area contributed by atoms with Gasteiger partial charge in [-0.15, -0.1) is 0 Å². The molecule has 1 aromatic rings. The van der Waals surface area contributed by atoms with E-state index in [-0.39, 0.29) is 6.61 Å². The van der Waals surface area contributed by atoms with Crippen LogP contribution in [-0.4, -0.2) is 41.3 Å². The molecule has 0 saturated heterocycles. The number of rotatable bonds is 8. The van der Waals surface area contributed by atoms with Crippen molar-refractivity contribution in [1.29, 1.82) is 0 Å². The van der Waals surface area contributed by atoms with Crippen LogP contribution in [0.4, 0.5) is 0 Å². The number of nitrogens with one attached hydrogen (secondary N) is 1. The number of ether oxygens (including phenoxy) is 1. The van der Waals surface area contributed by atoms with E-state index in [4.69, 9.17) is 9.84 Å². The normalized spacial score (nSPS) is 10.8. The number of aromatic nitrogens is 2. The van der Waals surface area contributed by atoms with Crippen molar-refractivity contribution in [3.05, 3.63) is 18.0 Å². The topological polar surface area (TPSA) is 59.3 Å². The highest BCUT2D eigenvalue weighted by Gasteiger charge is 1.96. The van der Waals surface area contributed by atoms with E-state index in [9.17, 15) is 0 Å². The van der Waals surface area contributed by atoms with Crippen LogP contribution in [0.1, 0.15) is 12.1 Å². The summed E-state index contributed by atoms with van der Waals surface area (Å²) in [5.41, 5.74) is 1.17. The zero-order valence-corrected chi connectivity index (χ0v) is 9.15. The Labute approximate surface area is 90.1 Å². The lowest BCUT2D eigenvalue weighted by atomic mass is 10.4. The van der Waals surface area contributed by atoms with Crippen molar-refractivity contribution in [2.75, 3.05) is 26.4 Å². The van der Waals surface area contributed by atoms with Crippen LogP contribution >= 0.6 is 0 Å². The van der Waals surface area contributed by atoms with Gasteiger partial charge in [0, 0.05) is 26.4 Å². The van der Waals surface area contributed by atoms with Crippen molar-refractivity contribution in [3.63, 3.8) is 0 Å². The highest BCUT2D eigenvalue weighted by molar-refractivity contribution is 4.98. The number of aryl methyl sites for hydroxylation is 1. The first kappa shape index (κ1) is 12.2. The fourth-order valence-corrected chi connectivity index (χ4v) is 1.26. The third-order valence-electron chi connectivity index (χ3n) is 2.11. The molecule has 0 radical (unpaired) electrons. The lowest BCUT2D eigenvalue weighted by Gasteiger charge is -2.05. The number of nitrogens with zero attached hydrogens (tertiary/aromatic N) is 2. The summed E-state index contributed by atoms with van der Waals surface area (Å²) in [6.07, 6.45) is 2.75. The summed E-state index contributed by atoms with van der Waals surface area (Å²) in [5.74, 6) is 0. The molecule has 5 nitrogen and oxygen atoms in total. The molecule has 0 bridgehead atoms. The van der Waals surface area contributed by atoms with Gasteiger partial charge >= 0.3 is 0 Å². The zero-order chi connectivity index (χ0) is 10.9. The van der Waals surface area contributed by atoms with Crippen LogP contribution in [0.2, 0.25) is 0 Å². The summed E-state index contributed by atoms with van der Waals surface area (Å²) in [6, 6.07) is 2.00. The minimum atomic E-state index is 0.0997. The molecule has 0 atom stereocenters. The molecule has 5 heteroatoms. The Bertz CT molecular complexity index is 263. The standard InChI is InChI=1S/C10H19N3O2/c1-13-10(3-5-12-13)9-11-4-2-7-15-8-6-14/h3,5,11,14H,2,4,6-9H2,1H3. The highest BCUT2D eigenvalue weighted by Crippen LogP contribution is 1.94. The maximum absolute atomic E-state index is 8.47. The van der Waals surface area contributed by atoms with Crippen molar-refractivity contribution < 1.29 is 9.84 Å². The molecule has 15 heavy (non-hydrogen) atoms. The van der Waals surface area contributed by atoms with Gasteiger partial charge in [0.25, 0.3) is 0 Å². The maximum Gasteiger partial charge on any atom is 0.0697 e. The van der Waals surface area contributed by atoms with Gasteiger partial charge in [-0.05, 0) is 19.0 Å². The smallest absolute Gasteiger partial charge is 0.0697 e. The van der Waals surface area contributed by atoms with Crippen LogP contribution in [0, 0.1) is 0 Å². The Morgan fingerprint density at radius 1 is 1.53 bits per heavy atom. The quantitative estimate of drug-likeness (QED) is 0.592. The molecule has 0 aliphatic rings. The van der Waals surface area contributed by atoms with E-state index < -0.39 is 0 Å². The molecule has 0 saturated carbocycles. The molecule has 1 rings (SSSR count). The predicted octanol–water partition coefficient (Wildman–Crippen LogP) is -0.0913. The van der Waals surface area contributed by atoms with E-state index >= 15 is 0 Å². The van der Waals surface area contributed by atoms with E-state index in [1.165, 1.54) is 5.69 Å². The molecule has 0 unspecified atom stereocenters. The fraction of sp³-hybridized carbons (Fsp3) is 0.700. The van der Waals surface area contributed by atoms with Gasteiger partial charge in [0.2, 0.25) is 0 Å². The Morgan fingerprint density at radius 3 is 3.07 bits per heavy atom. The van der Waals surface area contributed by atoms with Crippen molar-refractivity contribution in [3.8, 4) is 0 Å². The summed E-state index contributed by atoms with van der Waals surface area (Å²) in [7, 11) is 1.93. The average Bonchev–Trinajstić information content (AvgIpc) is 2.63.